The van der Waals surface area contributed by atoms with Crippen LogP contribution in [0.3, 0.4) is 0 Å². The Bertz CT molecular complexity index is 537. The van der Waals surface area contributed by atoms with Crippen LogP contribution in [0.2, 0.25) is 0 Å². The average Bonchev–Trinajstić information content (AvgIpc) is 2.82. The van der Waals surface area contributed by atoms with Crippen LogP contribution < -0.4 is 0 Å². The Labute approximate surface area is 124 Å². The highest BCUT2D eigenvalue weighted by Crippen LogP contribution is 2.18. The van der Waals surface area contributed by atoms with Crippen molar-refractivity contribution in [2.24, 2.45) is 0 Å². The number of nitrogens with zero attached hydrogens (tertiary/aromatic N) is 3. The Morgan fingerprint density at radius 3 is 2.45 bits per heavy atom. The molecule has 0 aliphatic rings. The molecule has 0 bridgehead atoms. The van der Waals surface area contributed by atoms with Gasteiger partial charge in [-0.2, -0.15) is 0 Å². The van der Waals surface area contributed by atoms with Gasteiger partial charge in [-0.25, -0.2) is 0 Å². The minimum atomic E-state index is 0.104. The fourth-order valence-corrected chi connectivity index (χ4v) is 2.97. The standard InChI is InChI=1S/C15H21N3OS/c1-3-8-18-12(2)16-17-15(18)11-20-10-14-6-4-13(9-19)5-7-14/h4-7,19H,3,8-11H2,1-2H3. The van der Waals surface area contributed by atoms with Crippen LogP contribution in [0.25, 0.3) is 0 Å². The van der Waals surface area contributed by atoms with Gasteiger partial charge in [0.15, 0.2) is 0 Å². The molecule has 0 saturated heterocycles. The summed E-state index contributed by atoms with van der Waals surface area (Å²) in [6.45, 7) is 5.26. The van der Waals surface area contributed by atoms with Gasteiger partial charge in [0.05, 0.1) is 12.4 Å². The highest BCUT2D eigenvalue weighted by atomic mass is 32.2. The maximum absolute atomic E-state index is 9.01. The van der Waals surface area contributed by atoms with E-state index in [-0.39, 0.29) is 6.61 Å². The zero-order valence-electron chi connectivity index (χ0n) is 12.0. The quantitative estimate of drug-likeness (QED) is 0.852. The second-order valence-corrected chi connectivity index (χ2v) is 5.77. The SMILES string of the molecule is CCCn1c(C)nnc1CSCc1ccc(CO)cc1. The second kappa shape index (κ2) is 7.45. The minimum Gasteiger partial charge on any atom is -0.392 e. The topological polar surface area (TPSA) is 50.9 Å². The smallest absolute Gasteiger partial charge is 0.143 e. The molecule has 1 aromatic heterocycles. The van der Waals surface area contributed by atoms with Gasteiger partial charge < -0.3 is 9.67 Å². The number of aliphatic hydroxyl groups excluding tert-OH is 1. The zero-order chi connectivity index (χ0) is 14.4. The molecule has 0 aliphatic carbocycles. The first kappa shape index (κ1) is 15.1. The van der Waals surface area contributed by atoms with Crippen LogP contribution in [0.4, 0.5) is 0 Å². The van der Waals surface area contributed by atoms with Gasteiger partial charge >= 0.3 is 0 Å². The lowest BCUT2D eigenvalue weighted by Crippen LogP contribution is -2.04. The van der Waals surface area contributed by atoms with Crippen LogP contribution in [-0.2, 0) is 24.7 Å². The molecule has 0 amide bonds. The normalized spacial score (nSPS) is 10.9. The van der Waals surface area contributed by atoms with Gasteiger partial charge in [-0.1, -0.05) is 31.2 Å². The van der Waals surface area contributed by atoms with Crippen LogP contribution in [0, 0.1) is 6.92 Å². The molecule has 0 unspecified atom stereocenters. The van der Waals surface area contributed by atoms with E-state index in [0.29, 0.717) is 0 Å². The van der Waals surface area contributed by atoms with Crippen molar-refractivity contribution in [1.29, 1.82) is 0 Å². The molecule has 2 aromatic rings. The van der Waals surface area contributed by atoms with Crippen molar-refractivity contribution < 1.29 is 5.11 Å². The lowest BCUT2D eigenvalue weighted by molar-refractivity contribution is 0.282. The number of hydrogen-bond acceptors (Lipinski definition) is 4. The lowest BCUT2D eigenvalue weighted by Gasteiger charge is -2.07. The molecule has 1 N–H and O–H groups in total. The fourth-order valence-electron chi connectivity index (χ4n) is 2.05. The molecule has 0 spiro atoms. The number of thioether (sulfide) groups is 1. The number of hydrogen-bond donors (Lipinski definition) is 1. The molecule has 0 aliphatic heterocycles. The van der Waals surface area contributed by atoms with Gasteiger partial charge in [-0.15, -0.1) is 22.0 Å². The zero-order valence-corrected chi connectivity index (χ0v) is 12.9. The monoisotopic (exact) mass is 291 g/mol. The number of benzene rings is 1. The summed E-state index contributed by atoms with van der Waals surface area (Å²) in [5.41, 5.74) is 2.22. The van der Waals surface area contributed by atoms with Gasteiger partial charge in [0.1, 0.15) is 11.6 Å². The van der Waals surface area contributed by atoms with E-state index in [0.717, 1.165) is 41.7 Å². The predicted molar refractivity (Wildman–Crippen MR) is 82.4 cm³/mol. The summed E-state index contributed by atoms with van der Waals surface area (Å²) in [5.74, 6) is 3.88. The Hall–Kier alpha value is -1.33. The van der Waals surface area contributed by atoms with Crippen LogP contribution >= 0.6 is 11.8 Å². The summed E-state index contributed by atoms with van der Waals surface area (Å²) in [4.78, 5) is 0. The van der Waals surface area contributed by atoms with Crippen molar-refractivity contribution in [3.63, 3.8) is 0 Å². The van der Waals surface area contributed by atoms with Gasteiger partial charge in [0.25, 0.3) is 0 Å². The molecule has 1 heterocycles. The second-order valence-electron chi connectivity index (χ2n) is 4.78. The third kappa shape index (κ3) is 3.84. The summed E-state index contributed by atoms with van der Waals surface area (Å²) >= 11 is 1.84. The van der Waals surface area contributed by atoms with Crippen molar-refractivity contribution in [2.45, 2.75) is 44.9 Å². The first-order chi connectivity index (χ1) is 9.74. The molecule has 108 valence electrons. The van der Waals surface area contributed by atoms with Crippen LogP contribution in [-0.4, -0.2) is 19.9 Å². The molecule has 0 fully saturated rings. The van der Waals surface area contributed by atoms with Crippen molar-refractivity contribution in [1.82, 2.24) is 14.8 Å². The van der Waals surface area contributed by atoms with Gasteiger partial charge in [0, 0.05) is 12.3 Å². The molecule has 0 saturated carbocycles. The Morgan fingerprint density at radius 1 is 1.10 bits per heavy atom. The molecule has 20 heavy (non-hydrogen) atoms. The summed E-state index contributed by atoms with van der Waals surface area (Å²) in [6.07, 6.45) is 1.10. The Balaban J connectivity index is 1.89. The molecule has 1 aromatic carbocycles. The molecule has 0 radical (unpaired) electrons. The highest BCUT2D eigenvalue weighted by molar-refractivity contribution is 7.97. The first-order valence-electron chi connectivity index (χ1n) is 6.89. The van der Waals surface area contributed by atoms with Crippen molar-refractivity contribution >= 4 is 11.8 Å². The summed E-state index contributed by atoms with van der Waals surface area (Å²) in [5, 5.41) is 17.4. The average molecular weight is 291 g/mol. The van der Waals surface area contributed by atoms with Crippen molar-refractivity contribution in [2.75, 3.05) is 0 Å². The number of rotatable bonds is 7. The van der Waals surface area contributed by atoms with E-state index in [1.807, 2.05) is 30.8 Å². The lowest BCUT2D eigenvalue weighted by atomic mass is 10.2. The number of aromatic nitrogens is 3. The van der Waals surface area contributed by atoms with Crippen LogP contribution in [0.1, 0.15) is 36.1 Å². The number of aliphatic hydroxyl groups is 1. The molecular weight excluding hydrogens is 270 g/mol. The van der Waals surface area contributed by atoms with Crippen molar-refractivity contribution in [3.05, 3.63) is 47.0 Å². The maximum Gasteiger partial charge on any atom is 0.143 e. The predicted octanol–water partition coefficient (Wildman–Crippen LogP) is 2.92. The van der Waals surface area contributed by atoms with E-state index < -0.39 is 0 Å². The summed E-state index contributed by atoms with van der Waals surface area (Å²) in [7, 11) is 0. The van der Waals surface area contributed by atoms with E-state index in [2.05, 4.69) is 33.8 Å². The Morgan fingerprint density at radius 2 is 1.80 bits per heavy atom. The number of aryl methyl sites for hydroxylation is 1. The van der Waals surface area contributed by atoms with E-state index in [9.17, 15) is 0 Å². The summed E-state index contributed by atoms with van der Waals surface area (Å²) in [6, 6.07) is 8.08. The molecular formula is C15H21N3OS. The van der Waals surface area contributed by atoms with Crippen molar-refractivity contribution in [3.8, 4) is 0 Å². The maximum atomic E-state index is 9.01. The van der Waals surface area contributed by atoms with Gasteiger partial charge in [-0.05, 0) is 24.5 Å². The molecule has 5 heteroatoms. The third-order valence-corrected chi connectivity index (χ3v) is 4.16. The van der Waals surface area contributed by atoms with E-state index >= 15 is 0 Å². The van der Waals surface area contributed by atoms with Crippen LogP contribution in [0.15, 0.2) is 24.3 Å². The molecule has 2 rings (SSSR count). The first-order valence-corrected chi connectivity index (χ1v) is 8.05. The Kier molecular flexibility index (Phi) is 5.61. The van der Waals surface area contributed by atoms with E-state index in [4.69, 9.17) is 5.11 Å². The highest BCUT2D eigenvalue weighted by Gasteiger charge is 2.07. The van der Waals surface area contributed by atoms with Gasteiger partial charge in [-0.3, -0.25) is 0 Å². The third-order valence-electron chi connectivity index (χ3n) is 3.17. The summed E-state index contributed by atoms with van der Waals surface area (Å²) < 4.78 is 2.20. The van der Waals surface area contributed by atoms with E-state index in [1.165, 1.54) is 5.56 Å². The largest absolute Gasteiger partial charge is 0.392 e. The van der Waals surface area contributed by atoms with Crippen LogP contribution in [0.5, 0.6) is 0 Å². The fraction of sp³-hybridized carbons (Fsp3) is 0.467. The van der Waals surface area contributed by atoms with Gasteiger partial charge in [0.2, 0.25) is 0 Å². The molecule has 0 atom stereocenters. The van der Waals surface area contributed by atoms with E-state index in [1.54, 1.807) is 0 Å². The minimum absolute atomic E-state index is 0.104. The molecule has 4 nitrogen and oxygen atoms in total.